The SMILES string of the molecule is Cc1nn(C(F)F)cc1S(=O)(=O)N1CC(CO)Cc2ncc(NC(=O)C(C)C(C)(C)C)cc21. The molecule has 182 valence electrons. The van der Waals surface area contributed by atoms with Crippen molar-refractivity contribution in [3.05, 3.63) is 29.8 Å². The number of nitrogens with one attached hydrogen (secondary N) is 1. The number of aryl methyl sites for hydroxylation is 1. The smallest absolute Gasteiger partial charge is 0.333 e. The maximum Gasteiger partial charge on any atom is 0.333 e. The quantitative estimate of drug-likeness (QED) is 0.650. The summed E-state index contributed by atoms with van der Waals surface area (Å²) in [6.45, 7) is 5.62. The third kappa shape index (κ3) is 5.01. The second-order valence-electron chi connectivity index (χ2n) is 9.39. The van der Waals surface area contributed by atoms with Crippen LogP contribution in [-0.4, -0.2) is 47.3 Å². The number of aliphatic hydroxyl groups is 1. The van der Waals surface area contributed by atoms with E-state index in [1.165, 1.54) is 19.2 Å². The van der Waals surface area contributed by atoms with E-state index in [4.69, 9.17) is 0 Å². The van der Waals surface area contributed by atoms with E-state index in [2.05, 4.69) is 15.4 Å². The minimum absolute atomic E-state index is 0.0669. The van der Waals surface area contributed by atoms with Gasteiger partial charge in [0, 0.05) is 25.0 Å². The van der Waals surface area contributed by atoms with Gasteiger partial charge in [-0.2, -0.15) is 13.9 Å². The fraction of sp³-hybridized carbons (Fsp3) is 0.571. The second kappa shape index (κ2) is 8.98. The minimum atomic E-state index is -4.29. The van der Waals surface area contributed by atoms with Crippen LogP contribution in [0.2, 0.25) is 0 Å². The van der Waals surface area contributed by atoms with Crippen LogP contribution in [0.1, 0.15) is 45.6 Å². The molecule has 1 aliphatic rings. The molecule has 9 nitrogen and oxygen atoms in total. The number of carbonyl (C=O) groups is 1. The highest BCUT2D eigenvalue weighted by Gasteiger charge is 2.36. The van der Waals surface area contributed by atoms with Crippen molar-refractivity contribution in [3.8, 4) is 0 Å². The van der Waals surface area contributed by atoms with Gasteiger partial charge in [-0.1, -0.05) is 27.7 Å². The average Bonchev–Trinajstić information content (AvgIpc) is 3.14. The molecular weight excluding hydrogens is 456 g/mol. The fourth-order valence-corrected chi connectivity index (χ4v) is 5.24. The van der Waals surface area contributed by atoms with E-state index in [-0.39, 0.29) is 46.7 Å². The number of amides is 1. The highest BCUT2D eigenvalue weighted by Crippen LogP contribution is 2.36. The topological polar surface area (TPSA) is 117 Å². The summed E-state index contributed by atoms with van der Waals surface area (Å²) in [5.41, 5.74) is 0.615. The highest BCUT2D eigenvalue weighted by molar-refractivity contribution is 7.92. The van der Waals surface area contributed by atoms with Gasteiger partial charge in [0.25, 0.3) is 10.0 Å². The molecule has 0 radical (unpaired) electrons. The number of fused-ring (bicyclic) bond motifs is 1. The Bertz CT molecular complexity index is 1140. The first-order chi connectivity index (χ1) is 15.3. The molecule has 3 rings (SSSR count). The summed E-state index contributed by atoms with van der Waals surface area (Å²) in [6.07, 6.45) is 2.57. The van der Waals surface area contributed by atoms with Crippen LogP contribution in [0.25, 0.3) is 0 Å². The fourth-order valence-electron chi connectivity index (χ4n) is 3.52. The number of hydrogen-bond acceptors (Lipinski definition) is 6. The molecule has 2 atom stereocenters. The van der Waals surface area contributed by atoms with Crippen molar-refractivity contribution in [1.29, 1.82) is 0 Å². The molecule has 0 bridgehead atoms. The number of pyridine rings is 1. The maximum absolute atomic E-state index is 13.5. The van der Waals surface area contributed by atoms with E-state index < -0.39 is 22.5 Å². The van der Waals surface area contributed by atoms with Gasteiger partial charge >= 0.3 is 6.55 Å². The minimum Gasteiger partial charge on any atom is -0.396 e. The summed E-state index contributed by atoms with van der Waals surface area (Å²) in [4.78, 5) is 16.6. The predicted octanol–water partition coefficient (Wildman–Crippen LogP) is 2.96. The molecule has 2 N–H and O–H groups in total. The zero-order chi connectivity index (χ0) is 24.7. The number of aliphatic hydroxyl groups excluding tert-OH is 1. The van der Waals surface area contributed by atoms with Crippen LogP contribution < -0.4 is 9.62 Å². The van der Waals surface area contributed by atoms with Crippen molar-refractivity contribution in [1.82, 2.24) is 14.8 Å². The number of anilines is 2. The maximum atomic E-state index is 13.5. The molecule has 1 aliphatic heterocycles. The van der Waals surface area contributed by atoms with Crippen molar-refractivity contribution < 1.29 is 27.1 Å². The van der Waals surface area contributed by atoms with Crippen molar-refractivity contribution >= 4 is 27.3 Å². The zero-order valence-corrected chi connectivity index (χ0v) is 20.0. The average molecular weight is 486 g/mol. The van der Waals surface area contributed by atoms with E-state index in [0.29, 0.717) is 22.5 Å². The third-order valence-electron chi connectivity index (χ3n) is 5.98. The summed E-state index contributed by atoms with van der Waals surface area (Å²) in [5, 5.41) is 16.1. The van der Waals surface area contributed by atoms with Gasteiger partial charge in [0.1, 0.15) is 4.90 Å². The van der Waals surface area contributed by atoms with Crippen molar-refractivity contribution in [2.45, 2.75) is 52.5 Å². The lowest BCUT2D eigenvalue weighted by Crippen LogP contribution is -2.41. The molecule has 0 saturated carbocycles. The molecule has 3 heterocycles. The van der Waals surface area contributed by atoms with Crippen LogP contribution in [0.15, 0.2) is 23.4 Å². The first kappa shape index (κ1) is 25.0. The third-order valence-corrected chi connectivity index (χ3v) is 7.86. The van der Waals surface area contributed by atoms with Gasteiger partial charge < -0.3 is 10.4 Å². The van der Waals surface area contributed by atoms with Crippen LogP contribution in [0.3, 0.4) is 0 Å². The Morgan fingerprint density at radius 2 is 2.03 bits per heavy atom. The van der Waals surface area contributed by atoms with Crippen molar-refractivity contribution in [2.24, 2.45) is 17.3 Å². The number of alkyl halides is 2. The Morgan fingerprint density at radius 1 is 1.36 bits per heavy atom. The molecule has 1 amide bonds. The standard InChI is InChI=1S/C21H29F2N5O4S/c1-12(21(3,4)5)19(30)25-15-7-17-16(24-8-15)6-14(11-29)9-28(17)33(31,32)18-10-27(20(22)23)26-13(18)2/h7-8,10,12,14,20,29H,6,9,11H2,1-5H3,(H,25,30). The van der Waals surface area contributed by atoms with E-state index >= 15 is 0 Å². The Morgan fingerprint density at radius 3 is 2.58 bits per heavy atom. The Kier molecular flexibility index (Phi) is 6.81. The highest BCUT2D eigenvalue weighted by atomic mass is 32.2. The molecule has 0 fully saturated rings. The summed E-state index contributed by atoms with van der Waals surface area (Å²) < 4.78 is 54.4. The largest absolute Gasteiger partial charge is 0.396 e. The normalized spacial score (nSPS) is 17.7. The van der Waals surface area contributed by atoms with Crippen LogP contribution >= 0.6 is 0 Å². The predicted molar refractivity (Wildman–Crippen MR) is 119 cm³/mol. The molecule has 12 heteroatoms. The molecule has 0 aliphatic carbocycles. The molecule has 33 heavy (non-hydrogen) atoms. The Balaban J connectivity index is 2.03. The Hall–Kier alpha value is -2.60. The lowest BCUT2D eigenvalue weighted by molar-refractivity contribution is -0.122. The van der Waals surface area contributed by atoms with Gasteiger partial charge in [-0.25, -0.2) is 13.1 Å². The number of aromatic nitrogens is 3. The lowest BCUT2D eigenvalue weighted by Gasteiger charge is -2.34. The zero-order valence-electron chi connectivity index (χ0n) is 19.2. The van der Waals surface area contributed by atoms with E-state index in [9.17, 15) is 27.1 Å². The summed E-state index contributed by atoms with van der Waals surface area (Å²) in [6, 6.07) is 1.51. The van der Waals surface area contributed by atoms with Crippen LogP contribution in [0.5, 0.6) is 0 Å². The molecule has 2 aromatic heterocycles. The lowest BCUT2D eigenvalue weighted by atomic mass is 9.81. The van der Waals surface area contributed by atoms with Gasteiger partial charge in [0.15, 0.2) is 0 Å². The first-order valence-corrected chi connectivity index (χ1v) is 12.0. The molecule has 2 aromatic rings. The van der Waals surface area contributed by atoms with Crippen LogP contribution in [0.4, 0.5) is 20.2 Å². The number of nitrogens with zero attached hydrogens (tertiary/aromatic N) is 4. The summed E-state index contributed by atoms with van der Waals surface area (Å²) in [5.74, 6) is -0.988. The van der Waals surface area contributed by atoms with Crippen molar-refractivity contribution in [3.63, 3.8) is 0 Å². The number of rotatable bonds is 6. The van der Waals surface area contributed by atoms with Crippen molar-refractivity contribution in [2.75, 3.05) is 22.8 Å². The van der Waals surface area contributed by atoms with Gasteiger partial charge in [-0.05, 0) is 24.8 Å². The van der Waals surface area contributed by atoms with E-state index in [1.807, 2.05) is 20.8 Å². The van der Waals surface area contributed by atoms with E-state index in [1.54, 1.807) is 6.92 Å². The number of halogens is 2. The number of carbonyl (C=O) groups excluding carboxylic acids is 1. The molecule has 0 saturated heterocycles. The molecular formula is C21H29F2N5O4S. The first-order valence-electron chi connectivity index (χ1n) is 10.5. The monoisotopic (exact) mass is 485 g/mol. The second-order valence-corrected chi connectivity index (χ2v) is 11.2. The number of hydrogen-bond donors (Lipinski definition) is 2. The number of sulfonamides is 1. The molecule has 0 spiro atoms. The molecule has 2 unspecified atom stereocenters. The van der Waals surface area contributed by atoms with Gasteiger partial charge in [0.05, 0.1) is 35.2 Å². The van der Waals surface area contributed by atoms with Crippen LogP contribution in [-0.2, 0) is 21.2 Å². The molecule has 0 aromatic carbocycles. The summed E-state index contributed by atoms with van der Waals surface area (Å²) in [7, 11) is -4.29. The van der Waals surface area contributed by atoms with E-state index in [0.717, 1.165) is 10.5 Å². The summed E-state index contributed by atoms with van der Waals surface area (Å²) >= 11 is 0. The van der Waals surface area contributed by atoms with Crippen LogP contribution in [0, 0.1) is 24.2 Å². The van der Waals surface area contributed by atoms with Gasteiger partial charge in [-0.15, -0.1) is 0 Å². The van der Waals surface area contributed by atoms with Gasteiger partial charge in [-0.3, -0.25) is 14.1 Å². The van der Waals surface area contributed by atoms with Gasteiger partial charge in [0.2, 0.25) is 5.91 Å². The Labute approximate surface area is 191 Å².